The number of anilines is 1. The summed E-state index contributed by atoms with van der Waals surface area (Å²) >= 11 is 0. The molecule has 0 radical (unpaired) electrons. The van der Waals surface area contributed by atoms with E-state index in [1.165, 1.54) is 5.39 Å². The second-order valence-corrected chi connectivity index (χ2v) is 8.60. The minimum Gasteiger partial charge on any atom is -0.377 e. The van der Waals surface area contributed by atoms with Crippen LogP contribution < -0.4 is 4.90 Å². The number of ether oxygens (including phenoxy) is 2. The molecule has 33 heavy (non-hydrogen) atoms. The molecule has 2 fully saturated rings. The van der Waals surface area contributed by atoms with Crippen molar-refractivity contribution < 1.29 is 9.47 Å². The summed E-state index contributed by atoms with van der Waals surface area (Å²) in [5.74, 6) is 7.10. The van der Waals surface area contributed by atoms with E-state index in [0.717, 1.165) is 59.5 Å². The standard InChI is InChI=1S/C27H24N4O2/c1-2-6-22-25-24(15-23(30-22)21-10-5-8-19-7-3-4-9-20(19)21)28-18-29-26(25)31-12-14-32-17-27(16-31)11-13-33-27/h3-5,7-10,15,18H,11-14,16-17H2,1H3. The van der Waals surface area contributed by atoms with E-state index >= 15 is 0 Å². The Bertz CT molecular complexity index is 1410. The minimum absolute atomic E-state index is 0.249. The second-order valence-electron chi connectivity index (χ2n) is 8.60. The molecule has 6 rings (SSSR count). The molecule has 1 atom stereocenters. The highest BCUT2D eigenvalue weighted by Gasteiger charge is 2.42. The molecule has 0 saturated carbocycles. The summed E-state index contributed by atoms with van der Waals surface area (Å²) in [5.41, 5.74) is 3.21. The van der Waals surface area contributed by atoms with Crippen molar-refractivity contribution in [2.24, 2.45) is 0 Å². The molecule has 6 heteroatoms. The zero-order chi connectivity index (χ0) is 22.3. The lowest BCUT2D eigenvalue weighted by molar-refractivity contribution is -0.167. The quantitative estimate of drug-likeness (QED) is 0.439. The zero-order valence-corrected chi connectivity index (χ0v) is 18.5. The van der Waals surface area contributed by atoms with Crippen molar-refractivity contribution in [1.82, 2.24) is 15.0 Å². The van der Waals surface area contributed by atoms with Gasteiger partial charge in [-0.2, -0.15) is 0 Å². The summed E-state index contributed by atoms with van der Waals surface area (Å²) in [7, 11) is 0. The van der Waals surface area contributed by atoms with Crippen LogP contribution in [-0.2, 0) is 9.47 Å². The average molecular weight is 437 g/mol. The van der Waals surface area contributed by atoms with Gasteiger partial charge in [-0.15, -0.1) is 0 Å². The normalized spacial score (nSPS) is 20.3. The first-order valence-corrected chi connectivity index (χ1v) is 11.3. The monoisotopic (exact) mass is 436 g/mol. The fraction of sp³-hybridized carbons (Fsp3) is 0.296. The van der Waals surface area contributed by atoms with Gasteiger partial charge in [0.2, 0.25) is 0 Å². The van der Waals surface area contributed by atoms with Crippen LogP contribution in [-0.4, -0.2) is 53.5 Å². The summed E-state index contributed by atoms with van der Waals surface area (Å²) in [6.45, 7) is 5.35. The molecule has 1 unspecified atom stereocenters. The molecule has 0 bridgehead atoms. The average Bonchev–Trinajstić information content (AvgIpc) is 3.07. The summed E-state index contributed by atoms with van der Waals surface area (Å²) in [5, 5.41) is 3.22. The van der Waals surface area contributed by atoms with E-state index < -0.39 is 0 Å². The highest BCUT2D eigenvalue weighted by atomic mass is 16.6. The van der Waals surface area contributed by atoms with Gasteiger partial charge in [0.05, 0.1) is 43.0 Å². The van der Waals surface area contributed by atoms with Crippen molar-refractivity contribution in [3.63, 3.8) is 0 Å². The first-order valence-electron chi connectivity index (χ1n) is 11.3. The smallest absolute Gasteiger partial charge is 0.142 e. The largest absolute Gasteiger partial charge is 0.377 e. The minimum atomic E-state index is -0.249. The van der Waals surface area contributed by atoms with Crippen molar-refractivity contribution in [3.8, 4) is 23.1 Å². The Morgan fingerprint density at radius 1 is 1.06 bits per heavy atom. The van der Waals surface area contributed by atoms with Crippen LogP contribution in [0.3, 0.4) is 0 Å². The topological polar surface area (TPSA) is 60.4 Å². The highest BCUT2D eigenvalue weighted by molar-refractivity contribution is 6.00. The van der Waals surface area contributed by atoms with Gasteiger partial charge in [-0.1, -0.05) is 48.4 Å². The number of hydrogen-bond acceptors (Lipinski definition) is 6. The van der Waals surface area contributed by atoms with E-state index in [0.29, 0.717) is 18.9 Å². The van der Waals surface area contributed by atoms with Gasteiger partial charge in [0.1, 0.15) is 23.4 Å². The predicted molar refractivity (Wildman–Crippen MR) is 129 cm³/mol. The molecule has 2 aromatic heterocycles. The van der Waals surface area contributed by atoms with Crippen LogP contribution in [0.15, 0.2) is 54.9 Å². The van der Waals surface area contributed by atoms with Gasteiger partial charge in [0.15, 0.2) is 0 Å². The first-order chi connectivity index (χ1) is 16.3. The summed E-state index contributed by atoms with van der Waals surface area (Å²) in [6.07, 6.45) is 2.63. The molecule has 0 N–H and O–H groups in total. The number of fused-ring (bicyclic) bond motifs is 2. The summed E-state index contributed by atoms with van der Waals surface area (Å²) in [6, 6.07) is 16.7. The van der Waals surface area contributed by atoms with Crippen LogP contribution in [0.1, 0.15) is 19.0 Å². The van der Waals surface area contributed by atoms with Crippen molar-refractivity contribution >= 4 is 27.5 Å². The molecule has 0 amide bonds. The molecule has 164 valence electrons. The van der Waals surface area contributed by atoms with Gasteiger partial charge in [0.25, 0.3) is 0 Å². The number of rotatable bonds is 2. The Morgan fingerprint density at radius 2 is 1.94 bits per heavy atom. The van der Waals surface area contributed by atoms with Crippen molar-refractivity contribution in [2.75, 3.05) is 37.8 Å². The van der Waals surface area contributed by atoms with Crippen LogP contribution in [0.2, 0.25) is 0 Å². The van der Waals surface area contributed by atoms with E-state index in [1.54, 1.807) is 6.33 Å². The Morgan fingerprint density at radius 3 is 2.79 bits per heavy atom. The number of hydrogen-bond donors (Lipinski definition) is 0. The maximum Gasteiger partial charge on any atom is 0.142 e. The van der Waals surface area contributed by atoms with Gasteiger partial charge in [-0.3, -0.25) is 0 Å². The number of aromatic nitrogens is 3. The fourth-order valence-corrected chi connectivity index (χ4v) is 4.82. The fourth-order valence-electron chi connectivity index (χ4n) is 4.82. The molecule has 2 aliphatic heterocycles. The number of pyridine rings is 1. The van der Waals surface area contributed by atoms with Gasteiger partial charge in [-0.05, 0) is 29.7 Å². The van der Waals surface area contributed by atoms with Crippen LogP contribution >= 0.6 is 0 Å². The molecular formula is C27H24N4O2. The molecule has 1 spiro atoms. The van der Waals surface area contributed by atoms with Gasteiger partial charge in [0, 0.05) is 18.5 Å². The van der Waals surface area contributed by atoms with E-state index in [4.69, 9.17) is 14.5 Å². The molecule has 2 aromatic carbocycles. The van der Waals surface area contributed by atoms with E-state index in [9.17, 15) is 0 Å². The lowest BCUT2D eigenvalue weighted by Gasteiger charge is -2.42. The van der Waals surface area contributed by atoms with Gasteiger partial charge < -0.3 is 14.4 Å². The van der Waals surface area contributed by atoms with Gasteiger partial charge in [-0.25, -0.2) is 15.0 Å². The maximum atomic E-state index is 5.94. The lowest BCUT2D eigenvalue weighted by atomic mass is 9.95. The van der Waals surface area contributed by atoms with Gasteiger partial charge >= 0.3 is 0 Å². The lowest BCUT2D eigenvalue weighted by Crippen LogP contribution is -2.54. The number of benzene rings is 2. The summed E-state index contributed by atoms with van der Waals surface area (Å²) < 4.78 is 11.8. The first kappa shape index (κ1) is 20.1. The zero-order valence-electron chi connectivity index (χ0n) is 18.5. The predicted octanol–water partition coefficient (Wildman–Crippen LogP) is 4.21. The molecule has 0 aliphatic carbocycles. The third-order valence-corrected chi connectivity index (χ3v) is 6.52. The Hall–Kier alpha value is -3.53. The van der Waals surface area contributed by atoms with Crippen LogP contribution in [0, 0.1) is 11.8 Å². The highest BCUT2D eigenvalue weighted by Crippen LogP contribution is 2.35. The Kier molecular flexibility index (Phi) is 4.94. The summed E-state index contributed by atoms with van der Waals surface area (Å²) in [4.78, 5) is 16.6. The molecule has 4 aromatic rings. The van der Waals surface area contributed by atoms with Crippen LogP contribution in [0.25, 0.3) is 32.9 Å². The molecule has 2 aliphatic rings. The maximum absolute atomic E-state index is 5.94. The van der Waals surface area contributed by atoms with E-state index in [1.807, 2.05) is 13.0 Å². The van der Waals surface area contributed by atoms with Crippen molar-refractivity contribution in [2.45, 2.75) is 18.9 Å². The van der Waals surface area contributed by atoms with Crippen LogP contribution in [0.4, 0.5) is 5.82 Å². The second kappa shape index (κ2) is 8.11. The molecule has 6 nitrogen and oxygen atoms in total. The number of nitrogens with zero attached hydrogens (tertiary/aromatic N) is 4. The van der Waals surface area contributed by atoms with Crippen molar-refractivity contribution in [1.29, 1.82) is 0 Å². The van der Waals surface area contributed by atoms with Crippen LogP contribution in [0.5, 0.6) is 0 Å². The third kappa shape index (κ3) is 3.50. The molecule has 2 saturated heterocycles. The van der Waals surface area contributed by atoms with E-state index in [-0.39, 0.29) is 5.60 Å². The molecule has 4 heterocycles. The Labute approximate surface area is 192 Å². The molecular weight excluding hydrogens is 412 g/mol. The van der Waals surface area contributed by atoms with E-state index in [2.05, 4.69) is 69.2 Å². The van der Waals surface area contributed by atoms with Crippen molar-refractivity contribution in [3.05, 3.63) is 60.6 Å². The Balaban J connectivity index is 1.53. The third-order valence-electron chi connectivity index (χ3n) is 6.52. The SMILES string of the molecule is CC#Cc1nc(-c2cccc3ccccc23)cc2ncnc(N3CCOCC4(CCO4)C3)c12.